The molecule has 0 spiro atoms. The third-order valence-corrected chi connectivity index (χ3v) is 0.741. The number of allylic oxidation sites excluding steroid dienone is 1. The molecule has 1 atom stereocenters. The zero-order chi connectivity index (χ0) is 5.70. The van der Waals surface area contributed by atoms with Crippen LogP contribution >= 0.6 is 0 Å². The highest BCUT2D eigenvalue weighted by atomic mass is 14.2. The van der Waals surface area contributed by atoms with E-state index in [9.17, 15) is 0 Å². The number of hydrogen-bond acceptors (Lipinski definition) is 1. The lowest BCUT2D eigenvalue weighted by atomic mass is 10.1. The quantitative estimate of drug-likeness (QED) is 0.479. The summed E-state index contributed by atoms with van der Waals surface area (Å²) in [6.45, 7) is 5.37. The second-order valence-electron chi connectivity index (χ2n) is 1.55. The summed E-state index contributed by atoms with van der Waals surface area (Å²) in [5, 5.41) is 8.17. The fraction of sp³-hybridized carbons (Fsp3) is 0.500. The Hall–Kier alpha value is -0.770. The van der Waals surface area contributed by atoms with E-state index < -0.39 is 0 Å². The van der Waals surface area contributed by atoms with Gasteiger partial charge in [0.2, 0.25) is 0 Å². The van der Waals surface area contributed by atoms with Crippen LogP contribution < -0.4 is 0 Å². The lowest BCUT2D eigenvalue weighted by Crippen LogP contribution is -1.83. The SMILES string of the molecule is C=CC[C@H](C)C#N. The van der Waals surface area contributed by atoms with E-state index in [4.69, 9.17) is 5.26 Å². The molecule has 38 valence electrons. The Bertz CT molecular complexity index is 88.8. The maximum atomic E-state index is 8.17. The van der Waals surface area contributed by atoms with Crippen LogP contribution in [0.2, 0.25) is 0 Å². The molecule has 0 rings (SSSR count). The third-order valence-electron chi connectivity index (χ3n) is 0.741. The highest BCUT2D eigenvalue weighted by molar-refractivity contribution is 4.84. The molecule has 0 heterocycles. The first-order valence-corrected chi connectivity index (χ1v) is 2.31. The van der Waals surface area contributed by atoms with Gasteiger partial charge in [-0.3, -0.25) is 0 Å². The van der Waals surface area contributed by atoms with Gasteiger partial charge in [-0.1, -0.05) is 6.08 Å². The van der Waals surface area contributed by atoms with Crippen molar-refractivity contribution in [2.75, 3.05) is 0 Å². The minimum absolute atomic E-state index is 0.137. The molecule has 0 radical (unpaired) electrons. The van der Waals surface area contributed by atoms with Gasteiger partial charge in [0.15, 0.2) is 0 Å². The molecule has 0 aromatic carbocycles. The van der Waals surface area contributed by atoms with Gasteiger partial charge in [0.05, 0.1) is 6.07 Å². The molecule has 0 aliphatic carbocycles. The maximum Gasteiger partial charge on any atom is 0.0656 e. The summed E-state index contributed by atoms with van der Waals surface area (Å²) in [5.41, 5.74) is 0. The number of nitrogens with zero attached hydrogens (tertiary/aromatic N) is 1. The maximum absolute atomic E-state index is 8.17. The van der Waals surface area contributed by atoms with Gasteiger partial charge in [-0.25, -0.2) is 0 Å². The molecule has 0 amide bonds. The predicted molar refractivity (Wildman–Crippen MR) is 29.6 cm³/mol. The highest BCUT2D eigenvalue weighted by Gasteiger charge is 1.90. The third kappa shape index (κ3) is 3.05. The molecule has 7 heavy (non-hydrogen) atoms. The Labute approximate surface area is 44.3 Å². The van der Waals surface area contributed by atoms with Crippen molar-refractivity contribution in [3.8, 4) is 6.07 Å². The van der Waals surface area contributed by atoms with Crippen molar-refractivity contribution in [2.45, 2.75) is 13.3 Å². The summed E-state index contributed by atoms with van der Waals surface area (Å²) in [7, 11) is 0. The van der Waals surface area contributed by atoms with Gasteiger partial charge >= 0.3 is 0 Å². The summed E-state index contributed by atoms with van der Waals surface area (Å²) in [5.74, 6) is 0.137. The van der Waals surface area contributed by atoms with Gasteiger partial charge in [0, 0.05) is 5.92 Å². The molecule has 0 aliphatic rings. The molecule has 0 aromatic heterocycles. The molecule has 0 bridgehead atoms. The van der Waals surface area contributed by atoms with Crippen molar-refractivity contribution in [2.24, 2.45) is 5.92 Å². The van der Waals surface area contributed by atoms with E-state index in [1.807, 2.05) is 6.92 Å². The van der Waals surface area contributed by atoms with E-state index in [0.29, 0.717) is 0 Å². The summed E-state index contributed by atoms with van der Waals surface area (Å²) >= 11 is 0. The first-order chi connectivity index (χ1) is 3.31. The second kappa shape index (κ2) is 3.42. The van der Waals surface area contributed by atoms with Gasteiger partial charge < -0.3 is 0 Å². The number of hydrogen-bond donors (Lipinski definition) is 0. The summed E-state index contributed by atoms with van der Waals surface area (Å²) in [6.07, 6.45) is 2.56. The molecule has 0 saturated carbocycles. The van der Waals surface area contributed by atoms with Gasteiger partial charge in [0.1, 0.15) is 0 Å². The standard InChI is InChI=1S/C6H9N/c1-3-4-6(2)5-7/h3,6H,1,4H2,2H3/t6-/m0/s1. The fourth-order valence-corrected chi connectivity index (χ4v) is 0.303. The Kier molecular flexibility index (Phi) is 3.04. The average molecular weight is 95.1 g/mol. The lowest BCUT2D eigenvalue weighted by molar-refractivity contribution is 0.762. The lowest BCUT2D eigenvalue weighted by Gasteiger charge is -1.89. The zero-order valence-electron chi connectivity index (χ0n) is 4.52. The van der Waals surface area contributed by atoms with Gasteiger partial charge in [-0.05, 0) is 13.3 Å². The van der Waals surface area contributed by atoms with E-state index in [2.05, 4.69) is 12.6 Å². The van der Waals surface area contributed by atoms with Crippen LogP contribution in [0, 0.1) is 17.2 Å². The molecule has 0 N–H and O–H groups in total. The average Bonchev–Trinajstić information content (AvgIpc) is 1.68. The molecule has 0 aliphatic heterocycles. The highest BCUT2D eigenvalue weighted by Crippen LogP contribution is 1.97. The zero-order valence-corrected chi connectivity index (χ0v) is 4.52. The minimum atomic E-state index is 0.137. The Balaban J connectivity index is 3.21. The molecule has 0 fully saturated rings. The van der Waals surface area contributed by atoms with E-state index >= 15 is 0 Å². The Morgan fingerprint density at radius 3 is 2.71 bits per heavy atom. The van der Waals surface area contributed by atoms with Crippen molar-refractivity contribution in [3.05, 3.63) is 12.7 Å². The molecule has 0 aromatic rings. The normalized spacial score (nSPS) is 12.0. The van der Waals surface area contributed by atoms with Gasteiger partial charge in [-0.2, -0.15) is 5.26 Å². The van der Waals surface area contributed by atoms with Crippen LogP contribution in [-0.4, -0.2) is 0 Å². The van der Waals surface area contributed by atoms with Crippen LogP contribution in [0.15, 0.2) is 12.7 Å². The Morgan fingerprint density at radius 2 is 2.57 bits per heavy atom. The van der Waals surface area contributed by atoms with Crippen LogP contribution in [0.3, 0.4) is 0 Å². The minimum Gasteiger partial charge on any atom is -0.198 e. The topological polar surface area (TPSA) is 23.8 Å². The van der Waals surface area contributed by atoms with Crippen molar-refractivity contribution < 1.29 is 0 Å². The molecular formula is C6H9N. The molecule has 0 unspecified atom stereocenters. The monoisotopic (exact) mass is 95.1 g/mol. The summed E-state index contributed by atoms with van der Waals surface area (Å²) in [6, 6.07) is 2.09. The van der Waals surface area contributed by atoms with Crippen molar-refractivity contribution in [3.63, 3.8) is 0 Å². The molecule has 1 heteroatoms. The first kappa shape index (κ1) is 6.23. The van der Waals surface area contributed by atoms with Gasteiger partial charge in [0.25, 0.3) is 0 Å². The second-order valence-corrected chi connectivity index (χ2v) is 1.55. The van der Waals surface area contributed by atoms with Crippen molar-refractivity contribution >= 4 is 0 Å². The van der Waals surface area contributed by atoms with Crippen LogP contribution in [0.1, 0.15) is 13.3 Å². The largest absolute Gasteiger partial charge is 0.198 e. The molecule has 0 saturated heterocycles. The number of nitriles is 1. The van der Waals surface area contributed by atoms with E-state index in [1.165, 1.54) is 0 Å². The summed E-state index contributed by atoms with van der Waals surface area (Å²) < 4.78 is 0. The smallest absolute Gasteiger partial charge is 0.0656 e. The van der Waals surface area contributed by atoms with Crippen LogP contribution in [0.5, 0.6) is 0 Å². The van der Waals surface area contributed by atoms with Crippen molar-refractivity contribution in [1.82, 2.24) is 0 Å². The fourth-order valence-electron chi connectivity index (χ4n) is 0.303. The van der Waals surface area contributed by atoms with Crippen LogP contribution in [0.4, 0.5) is 0 Å². The van der Waals surface area contributed by atoms with Crippen molar-refractivity contribution in [1.29, 1.82) is 5.26 Å². The van der Waals surface area contributed by atoms with E-state index in [0.717, 1.165) is 6.42 Å². The predicted octanol–water partition coefficient (Wildman–Crippen LogP) is 1.72. The first-order valence-electron chi connectivity index (χ1n) is 2.31. The summed E-state index contributed by atoms with van der Waals surface area (Å²) in [4.78, 5) is 0. The molecular weight excluding hydrogens is 86.1 g/mol. The Morgan fingerprint density at radius 1 is 2.00 bits per heavy atom. The van der Waals surface area contributed by atoms with Crippen LogP contribution in [0.25, 0.3) is 0 Å². The van der Waals surface area contributed by atoms with Crippen LogP contribution in [-0.2, 0) is 0 Å². The number of rotatable bonds is 2. The van der Waals surface area contributed by atoms with E-state index in [-0.39, 0.29) is 5.92 Å². The molecule has 1 nitrogen and oxygen atoms in total. The van der Waals surface area contributed by atoms with Gasteiger partial charge in [-0.15, -0.1) is 6.58 Å². The van der Waals surface area contributed by atoms with E-state index in [1.54, 1.807) is 6.08 Å².